The van der Waals surface area contributed by atoms with Gasteiger partial charge in [0.15, 0.2) is 0 Å². The zero-order valence-corrected chi connectivity index (χ0v) is 17.0. The van der Waals surface area contributed by atoms with Crippen molar-refractivity contribution in [1.82, 2.24) is 14.4 Å². The maximum atomic E-state index is 14.0. The van der Waals surface area contributed by atoms with E-state index in [-0.39, 0.29) is 22.8 Å². The fraction of sp³-hybridized carbons (Fsp3) is 0.130. The van der Waals surface area contributed by atoms with Crippen LogP contribution in [0.2, 0.25) is 0 Å². The summed E-state index contributed by atoms with van der Waals surface area (Å²) in [5.74, 6) is -0.832. The Morgan fingerprint density at radius 3 is 2.72 bits per heavy atom. The molecule has 4 rings (SSSR count). The molecule has 32 heavy (non-hydrogen) atoms. The summed E-state index contributed by atoms with van der Waals surface area (Å²) in [6.07, 6.45) is 2.82. The summed E-state index contributed by atoms with van der Waals surface area (Å²) in [5.41, 5.74) is 6.97. The number of nitrogens with two attached hydrogens (primary N) is 1. The molecule has 1 atom stereocenters. The van der Waals surface area contributed by atoms with Crippen LogP contribution in [0.25, 0.3) is 16.6 Å². The number of hydrogen-bond donors (Lipinski definition) is 2. The molecule has 4 aromatic rings. The van der Waals surface area contributed by atoms with Crippen LogP contribution in [0.5, 0.6) is 0 Å². The van der Waals surface area contributed by atoms with E-state index >= 15 is 0 Å². The second-order valence-electron chi connectivity index (χ2n) is 7.13. The van der Waals surface area contributed by atoms with Gasteiger partial charge in [-0.05, 0) is 47.9 Å². The van der Waals surface area contributed by atoms with E-state index in [1.807, 2.05) is 13.0 Å². The van der Waals surface area contributed by atoms with E-state index in [2.05, 4.69) is 15.3 Å². The molecule has 1 aromatic carbocycles. The van der Waals surface area contributed by atoms with Crippen molar-refractivity contribution in [3.8, 4) is 17.2 Å². The van der Waals surface area contributed by atoms with Gasteiger partial charge in [-0.3, -0.25) is 9.20 Å². The minimum Gasteiger partial charge on any atom is -0.382 e. The van der Waals surface area contributed by atoms with Crippen molar-refractivity contribution >= 4 is 17.2 Å². The van der Waals surface area contributed by atoms with Crippen molar-refractivity contribution in [1.29, 1.82) is 5.26 Å². The molecule has 0 fully saturated rings. The third-order valence-electron chi connectivity index (χ3n) is 5.16. The number of fused-ring (bicyclic) bond motifs is 1. The Morgan fingerprint density at radius 1 is 1.19 bits per heavy atom. The van der Waals surface area contributed by atoms with Gasteiger partial charge in [-0.2, -0.15) is 5.26 Å². The summed E-state index contributed by atoms with van der Waals surface area (Å²) in [4.78, 5) is 21.4. The number of benzene rings is 1. The van der Waals surface area contributed by atoms with Crippen LogP contribution < -0.4 is 16.6 Å². The second kappa shape index (κ2) is 8.43. The Morgan fingerprint density at radius 2 is 2.00 bits per heavy atom. The highest BCUT2D eigenvalue weighted by Gasteiger charge is 2.22. The Kier molecular flexibility index (Phi) is 5.52. The van der Waals surface area contributed by atoms with Crippen molar-refractivity contribution in [2.45, 2.75) is 19.4 Å². The Labute approximate surface area is 181 Å². The standard InChI is InChI=1S/C23H18F2N6O/c1-2-19(30-22-18(10-26)21(27)28-12-29-22)17-9-16-7-6-15(25)11-31(16)23(32)20(17)13-4-3-5-14(24)8-13/h3-9,11-12,19H,2H2,1H3,(H3,27,28,29,30)/t19-/m1/s1. The van der Waals surface area contributed by atoms with Gasteiger partial charge in [0.25, 0.3) is 5.56 Å². The monoisotopic (exact) mass is 432 g/mol. The maximum absolute atomic E-state index is 14.0. The van der Waals surface area contributed by atoms with E-state index in [0.29, 0.717) is 23.1 Å². The first kappa shape index (κ1) is 20.9. The SMILES string of the molecule is CC[C@@H](Nc1ncnc(N)c1C#N)c1cc2ccc(F)cn2c(=O)c1-c1cccc(F)c1. The Hall–Kier alpha value is -4.32. The molecule has 0 saturated carbocycles. The molecule has 0 spiro atoms. The van der Waals surface area contributed by atoms with Crippen LogP contribution in [0.4, 0.5) is 20.4 Å². The molecule has 3 N–H and O–H groups in total. The molecule has 3 heterocycles. The molecular formula is C23H18F2N6O. The molecule has 0 bridgehead atoms. The van der Waals surface area contributed by atoms with E-state index in [9.17, 15) is 18.8 Å². The average molecular weight is 432 g/mol. The van der Waals surface area contributed by atoms with Crippen LogP contribution in [0.3, 0.4) is 0 Å². The predicted octanol–water partition coefficient (Wildman–Crippen LogP) is 4.05. The minimum absolute atomic E-state index is 0.0271. The van der Waals surface area contributed by atoms with Crippen LogP contribution in [0.15, 0.2) is 59.8 Å². The van der Waals surface area contributed by atoms with Crippen LogP contribution >= 0.6 is 0 Å². The summed E-state index contributed by atoms with van der Waals surface area (Å²) >= 11 is 0. The molecule has 7 nitrogen and oxygen atoms in total. The predicted molar refractivity (Wildman–Crippen MR) is 117 cm³/mol. The van der Waals surface area contributed by atoms with Gasteiger partial charge in [0.2, 0.25) is 0 Å². The number of halogens is 2. The third kappa shape index (κ3) is 3.74. The summed E-state index contributed by atoms with van der Waals surface area (Å²) in [7, 11) is 0. The summed E-state index contributed by atoms with van der Waals surface area (Å²) < 4.78 is 29.1. The van der Waals surface area contributed by atoms with Crippen molar-refractivity contribution in [2.24, 2.45) is 0 Å². The fourth-order valence-corrected chi connectivity index (χ4v) is 3.65. The lowest BCUT2D eigenvalue weighted by atomic mass is 9.94. The van der Waals surface area contributed by atoms with Gasteiger partial charge in [0, 0.05) is 11.7 Å². The molecule has 0 unspecified atom stereocenters. The molecule has 3 aromatic heterocycles. The van der Waals surface area contributed by atoms with Gasteiger partial charge < -0.3 is 11.1 Å². The van der Waals surface area contributed by atoms with Gasteiger partial charge >= 0.3 is 0 Å². The lowest BCUT2D eigenvalue weighted by Gasteiger charge is -2.22. The number of nitrogens with one attached hydrogen (secondary N) is 1. The first-order chi connectivity index (χ1) is 15.4. The number of rotatable bonds is 5. The molecule has 0 radical (unpaired) electrons. The number of hydrogen-bond acceptors (Lipinski definition) is 6. The Balaban J connectivity index is 1.97. The van der Waals surface area contributed by atoms with Crippen molar-refractivity contribution < 1.29 is 8.78 Å². The lowest BCUT2D eigenvalue weighted by Crippen LogP contribution is -2.22. The molecule has 0 aliphatic heterocycles. The largest absolute Gasteiger partial charge is 0.382 e. The van der Waals surface area contributed by atoms with Gasteiger partial charge in [0.05, 0.1) is 11.6 Å². The van der Waals surface area contributed by atoms with Crippen LogP contribution in [0.1, 0.15) is 30.5 Å². The summed E-state index contributed by atoms with van der Waals surface area (Å²) in [5, 5.41) is 12.6. The number of nitriles is 1. The van der Waals surface area contributed by atoms with E-state index in [4.69, 9.17) is 5.73 Å². The molecule has 160 valence electrons. The van der Waals surface area contributed by atoms with Gasteiger partial charge in [0.1, 0.15) is 41.2 Å². The van der Waals surface area contributed by atoms with Crippen molar-refractivity contribution in [2.75, 3.05) is 11.1 Å². The fourth-order valence-electron chi connectivity index (χ4n) is 3.65. The molecule has 9 heteroatoms. The average Bonchev–Trinajstić information content (AvgIpc) is 2.78. The highest BCUT2D eigenvalue weighted by atomic mass is 19.1. The molecule has 0 aliphatic rings. The van der Waals surface area contributed by atoms with Crippen LogP contribution in [-0.2, 0) is 0 Å². The molecule has 0 amide bonds. The smallest absolute Gasteiger partial charge is 0.263 e. The zero-order valence-electron chi connectivity index (χ0n) is 17.0. The number of anilines is 2. The van der Waals surface area contributed by atoms with Gasteiger partial charge in [-0.25, -0.2) is 18.7 Å². The van der Waals surface area contributed by atoms with E-state index in [1.165, 1.54) is 41.1 Å². The van der Waals surface area contributed by atoms with Crippen LogP contribution in [-0.4, -0.2) is 14.4 Å². The summed E-state index contributed by atoms with van der Waals surface area (Å²) in [6.45, 7) is 1.89. The topological polar surface area (TPSA) is 109 Å². The normalized spacial score (nSPS) is 11.8. The van der Waals surface area contributed by atoms with E-state index < -0.39 is 23.2 Å². The first-order valence-electron chi connectivity index (χ1n) is 9.80. The van der Waals surface area contributed by atoms with Gasteiger partial charge in [-0.1, -0.05) is 19.1 Å². The number of nitrogen functional groups attached to an aromatic ring is 1. The number of pyridine rings is 2. The van der Waals surface area contributed by atoms with E-state index in [1.54, 1.807) is 12.1 Å². The molecule has 0 aliphatic carbocycles. The van der Waals surface area contributed by atoms with Gasteiger partial charge in [-0.15, -0.1) is 0 Å². The number of aromatic nitrogens is 3. The van der Waals surface area contributed by atoms with E-state index in [0.717, 1.165) is 6.20 Å². The summed E-state index contributed by atoms with van der Waals surface area (Å²) in [6, 6.07) is 11.6. The molecular weight excluding hydrogens is 414 g/mol. The molecule has 0 saturated heterocycles. The highest BCUT2D eigenvalue weighted by molar-refractivity contribution is 5.72. The Bertz CT molecular complexity index is 1430. The highest BCUT2D eigenvalue weighted by Crippen LogP contribution is 2.32. The quantitative estimate of drug-likeness (QED) is 0.492. The van der Waals surface area contributed by atoms with Crippen molar-refractivity contribution in [3.63, 3.8) is 0 Å². The number of nitrogens with zero attached hydrogens (tertiary/aromatic N) is 4. The minimum atomic E-state index is -0.571. The maximum Gasteiger partial charge on any atom is 0.263 e. The first-order valence-corrected chi connectivity index (χ1v) is 9.80. The third-order valence-corrected chi connectivity index (χ3v) is 5.16. The van der Waals surface area contributed by atoms with Crippen LogP contribution in [0, 0.1) is 23.0 Å². The zero-order chi connectivity index (χ0) is 22.8. The second-order valence-corrected chi connectivity index (χ2v) is 7.13. The van der Waals surface area contributed by atoms with Crippen molar-refractivity contribution in [3.05, 3.63) is 88.1 Å². The lowest BCUT2D eigenvalue weighted by molar-refractivity contribution is 0.617.